The standard InChI is InChI=1S/C21H20ClN3O3/c1-27-17-4-2-14-3-5-18(13-16(14)12-17)28-21(26)15-8-10-25(11-9-15)20-7-6-19(22)23-24-20/h2-7,12-13,15H,8-11H2,1H3. The highest BCUT2D eigenvalue weighted by Crippen LogP contribution is 2.27. The molecule has 2 aromatic carbocycles. The van der Waals surface area contributed by atoms with Crippen molar-refractivity contribution in [1.29, 1.82) is 0 Å². The van der Waals surface area contributed by atoms with E-state index in [-0.39, 0.29) is 11.9 Å². The summed E-state index contributed by atoms with van der Waals surface area (Å²) in [6, 6.07) is 15.0. The van der Waals surface area contributed by atoms with Crippen LogP contribution >= 0.6 is 11.6 Å². The van der Waals surface area contributed by atoms with Gasteiger partial charge >= 0.3 is 5.97 Å². The first-order valence-electron chi connectivity index (χ1n) is 9.16. The second-order valence-corrected chi connectivity index (χ2v) is 7.16. The first kappa shape index (κ1) is 18.5. The van der Waals surface area contributed by atoms with E-state index in [1.165, 1.54) is 0 Å². The minimum Gasteiger partial charge on any atom is -0.497 e. The Labute approximate surface area is 168 Å². The number of carbonyl (C=O) groups excluding carboxylic acids is 1. The van der Waals surface area contributed by atoms with Crippen LogP contribution in [0.15, 0.2) is 48.5 Å². The van der Waals surface area contributed by atoms with Crippen molar-refractivity contribution >= 4 is 34.2 Å². The average Bonchev–Trinajstić information content (AvgIpc) is 2.74. The number of ether oxygens (including phenoxy) is 2. The molecule has 0 bridgehead atoms. The Bertz CT molecular complexity index is 986. The summed E-state index contributed by atoms with van der Waals surface area (Å²) in [6.45, 7) is 1.45. The van der Waals surface area contributed by atoms with Gasteiger partial charge in [-0.25, -0.2) is 0 Å². The third-order valence-electron chi connectivity index (χ3n) is 5.01. The molecule has 1 aromatic heterocycles. The molecular formula is C21H20ClN3O3. The highest BCUT2D eigenvalue weighted by Gasteiger charge is 2.27. The summed E-state index contributed by atoms with van der Waals surface area (Å²) in [4.78, 5) is 14.7. The summed E-state index contributed by atoms with van der Waals surface area (Å²) in [7, 11) is 1.63. The van der Waals surface area contributed by atoms with Gasteiger partial charge in [-0.05, 0) is 60.0 Å². The number of aromatic nitrogens is 2. The third-order valence-corrected chi connectivity index (χ3v) is 5.21. The Morgan fingerprint density at radius 2 is 1.71 bits per heavy atom. The normalized spacial score (nSPS) is 14.9. The maximum absolute atomic E-state index is 12.6. The number of rotatable bonds is 4. The minimum atomic E-state index is -0.191. The lowest BCUT2D eigenvalue weighted by atomic mass is 9.97. The molecule has 144 valence electrons. The molecule has 0 N–H and O–H groups in total. The zero-order chi connectivity index (χ0) is 19.5. The van der Waals surface area contributed by atoms with Crippen molar-refractivity contribution in [2.24, 2.45) is 5.92 Å². The van der Waals surface area contributed by atoms with E-state index >= 15 is 0 Å². The van der Waals surface area contributed by atoms with Gasteiger partial charge in [-0.1, -0.05) is 23.7 Å². The van der Waals surface area contributed by atoms with E-state index in [1.807, 2.05) is 42.5 Å². The molecule has 0 radical (unpaired) electrons. The Morgan fingerprint density at radius 3 is 2.39 bits per heavy atom. The van der Waals surface area contributed by atoms with Gasteiger partial charge in [0, 0.05) is 13.1 Å². The van der Waals surface area contributed by atoms with Gasteiger partial charge in [-0.2, -0.15) is 0 Å². The quantitative estimate of drug-likeness (QED) is 0.487. The summed E-state index contributed by atoms with van der Waals surface area (Å²) in [5, 5.41) is 10.4. The molecule has 0 atom stereocenters. The fourth-order valence-corrected chi connectivity index (χ4v) is 3.52. The van der Waals surface area contributed by atoms with Gasteiger partial charge in [0.2, 0.25) is 0 Å². The Hall–Kier alpha value is -2.86. The monoisotopic (exact) mass is 397 g/mol. The van der Waals surface area contributed by atoms with Crippen molar-refractivity contribution < 1.29 is 14.3 Å². The number of nitrogens with zero attached hydrogens (tertiary/aromatic N) is 3. The molecule has 3 aromatic rings. The number of benzene rings is 2. The van der Waals surface area contributed by atoms with Gasteiger partial charge in [-0.3, -0.25) is 4.79 Å². The van der Waals surface area contributed by atoms with E-state index in [4.69, 9.17) is 21.1 Å². The fraction of sp³-hybridized carbons (Fsp3) is 0.286. The van der Waals surface area contributed by atoms with Crippen LogP contribution in [0, 0.1) is 5.92 Å². The summed E-state index contributed by atoms with van der Waals surface area (Å²) in [5.41, 5.74) is 0. The number of anilines is 1. The lowest BCUT2D eigenvalue weighted by molar-refractivity contribution is -0.139. The number of piperidine rings is 1. The Kier molecular flexibility index (Phi) is 5.30. The first-order chi connectivity index (χ1) is 13.6. The SMILES string of the molecule is COc1ccc2ccc(OC(=O)C3CCN(c4ccc(Cl)nn4)CC3)cc2c1. The average molecular weight is 398 g/mol. The van der Waals surface area contributed by atoms with Crippen molar-refractivity contribution in [1.82, 2.24) is 10.2 Å². The lowest BCUT2D eigenvalue weighted by Gasteiger charge is -2.31. The topological polar surface area (TPSA) is 64.6 Å². The van der Waals surface area contributed by atoms with E-state index in [2.05, 4.69) is 15.1 Å². The zero-order valence-electron chi connectivity index (χ0n) is 15.5. The molecule has 0 saturated carbocycles. The van der Waals surface area contributed by atoms with Crippen molar-refractivity contribution in [3.8, 4) is 11.5 Å². The summed E-state index contributed by atoms with van der Waals surface area (Å²) in [5.74, 6) is 1.78. The highest BCUT2D eigenvalue weighted by molar-refractivity contribution is 6.29. The third kappa shape index (κ3) is 4.02. The Morgan fingerprint density at radius 1 is 1.00 bits per heavy atom. The van der Waals surface area contributed by atoms with Crippen molar-refractivity contribution in [2.75, 3.05) is 25.1 Å². The zero-order valence-corrected chi connectivity index (χ0v) is 16.2. The number of hydrogen-bond donors (Lipinski definition) is 0. The fourth-order valence-electron chi connectivity index (χ4n) is 3.41. The second kappa shape index (κ2) is 8.02. The molecule has 0 amide bonds. The first-order valence-corrected chi connectivity index (χ1v) is 9.54. The molecule has 1 fully saturated rings. The van der Waals surface area contributed by atoms with Crippen LogP contribution < -0.4 is 14.4 Å². The van der Waals surface area contributed by atoms with Crippen LogP contribution in [0.1, 0.15) is 12.8 Å². The van der Waals surface area contributed by atoms with Crippen LogP contribution in [-0.2, 0) is 4.79 Å². The maximum Gasteiger partial charge on any atom is 0.314 e. The van der Waals surface area contributed by atoms with Gasteiger partial charge in [0.1, 0.15) is 11.5 Å². The van der Waals surface area contributed by atoms with E-state index < -0.39 is 0 Å². The number of hydrogen-bond acceptors (Lipinski definition) is 6. The van der Waals surface area contributed by atoms with Crippen LogP contribution in [0.3, 0.4) is 0 Å². The molecule has 28 heavy (non-hydrogen) atoms. The van der Waals surface area contributed by atoms with Gasteiger partial charge in [-0.15, -0.1) is 10.2 Å². The molecule has 1 aliphatic rings. The van der Waals surface area contributed by atoms with Crippen LogP contribution in [-0.4, -0.2) is 36.4 Å². The van der Waals surface area contributed by atoms with Crippen molar-refractivity contribution in [3.05, 3.63) is 53.7 Å². The predicted molar refractivity (Wildman–Crippen MR) is 108 cm³/mol. The predicted octanol–water partition coefficient (Wildman–Crippen LogP) is 4.11. The smallest absolute Gasteiger partial charge is 0.314 e. The van der Waals surface area contributed by atoms with E-state index in [0.717, 1.165) is 35.4 Å². The van der Waals surface area contributed by atoms with Crippen LogP contribution in [0.25, 0.3) is 10.8 Å². The molecule has 2 heterocycles. The molecule has 1 aliphatic heterocycles. The minimum absolute atomic E-state index is 0.127. The lowest BCUT2D eigenvalue weighted by Crippen LogP contribution is -2.38. The van der Waals surface area contributed by atoms with Crippen molar-refractivity contribution in [3.63, 3.8) is 0 Å². The van der Waals surface area contributed by atoms with Crippen LogP contribution in [0.4, 0.5) is 5.82 Å². The number of carbonyl (C=O) groups is 1. The van der Waals surface area contributed by atoms with Gasteiger partial charge in [0.05, 0.1) is 13.0 Å². The number of fused-ring (bicyclic) bond motifs is 1. The summed E-state index contributed by atoms with van der Waals surface area (Å²) >= 11 is 5.79. The second-order valence-electron chi connectivity index (χ2n) is 6.77. The largest absolute Gasteiger partial charge is 0.497 e. The van der Waals surface area contributed by atoms with Crippen molar-refractivity contribution in [2.45, 2.75) is 12.8 Å². The molecule has 6 nitrogen and oxygen atoms in total. The van der Waals surface area contributed by atoms with E-state index in [1.54, 1.807) is 13.2 Å². The Balaban J connectivity index is 1.39. The summed E-state index contributed by atoms with van der Waals surface area (Å²) < 4.78 is 10.9. The molecular weight excluding hydrogens is 378 g/mol. The number of methoxy groups -OCH3 is 1. The van der Waals surface area contributed by atoms with Gasteiger partial charge in [0.25, 0.3) is 0 Å². The van der Waals surface area contributed by atoms with Gasteiger partial charge < -0.3 is 14.4 Å². The molecule has 7 heteroatoms. The molecule has 0 unspecified atom stereocenters. The van der Waals surface area contributed by atoms with Gasteiger partial charge in [0.15, 0.2) is 11.0 Å². The van der Waals surface area contributed by atoms with Crippen LogP contribution in [0.2, 0.25) is 5.15 Å². The molecule has 4 rings (SSSR count). The molecule has 1 saturated heterocycles. The molecule has 0 spiro atoms. The number of halogens is 1. The number of esters is 1. The summed E-state index contributed by atoms with van der Waals surface area (Å²) in [6.07, 6.45) is 1.43. The van der Waals surface area contributed by atoms with E-state index in [0.29, 0.717) is 23.7 Å². The van der Waals surface area contributed by atoms with Crippen LogP contribution in [0.5, 0.6) is 11.5 Å². The van der Waals surface area contributed by atoms with E-state index in [9.17, 15) is 4.79 Å². The molecule has 0 aliphatic carbocycles. The highest BCUT2D eigenvalue weighted by atomic mass is 35.5. The maximum atomic E-state index is 12.6.